The minimum Gasteiger partial charge on any atom is -0.432 e. The summed E-state index contributed by atoms with van der Waals surface area (Å²) in [6.45, 7) is 17.0. The van der Waals surface area contributed by atoms with Crippen molar-refractivity contribution in [1.82, 2.24) is 0 Å². The molecule has 0 bridgehead atoms. The van der Waals surface area contributed by atoms with Crippen molar-refractivity contribution >= 4 is 5.97 Å². The molecule has 9 fully saturated rings. The van der Waals surface area contributed by atoms with Crippen molar-refractivity contribution in [1.29, 1.82) is 0 Å². The number of ether oxygens (including phenoxy) is 10. The van der Waals surface area contributed by atoms with Crippen molar-refractivity contribution in [3.05, 3.63) is 11.6 Å². The van der Waals surface area contributed by atoms with Gasteiger partial charge in [0, 0.05) is 5.92 Å². The number of fused-ring (bicyclic) bond motifs is 7. The van der Waals surface area contributed by atoms with Crippen LogP contribution in [0.3, 0.4) is 0 Å². The number of rotatable bonds is 13. The van der Waals surface area contributed by atoms with E-state index >= 15 is 4.79 Å². The molecule has 488 valence electrons. The molecular weight excluding hydrogens is 1120 g/mol. The van der Waals surface area contributed by atoms with Crippen molar-refractivity contribution in [2.45, 2.75) is 274 Å². The fourth-order valence-electron chi connectivity index (χ4n) is 17.7. The van der Waals surface area contributed by atoms with Gasteiger partial charge in [0.15, 0.2) is 25.2 Å². The lowest BCUT2D eigenvalue weighted by atomic mass is 9.33. The van der Waals surface area contributed by atoms with E-state index in [-0.39, 0.29) is 46.0 Å². The summed E-state index contributed by atoms with van der Waals surface area (Å²) in [5, 5.41) is 151. The van der Waals surface area contributed by atoms with Crippen LogP contribution in [0.1, 0.15) is 127 Å². The molecular formula is C60H98O25. The zero-order chi connectivity index (χ0) is 62.0. The topological polar surface area (TPSA) is 393 Å². The van der Waals surface area contributed by atoms with E-state index in [0.717, 1.165) is 25.7 Å². The number of carbonyl (C=O) groups is 1. The zero-order valence-electron chi connectivity index (χ0n) is 50.4. The minimum absolute atomic E-state index is 0.147. The zero-order valence-corrected chi connectivity index (χ0v) is 50.4. The molecule has 32 atom stereocenters. The lowest BCUT2D eigenvalue weighted by molar-refractivity contribution is -0.367. The third-order valence-electron chi connectivity index (χ3n) is 23.5. The van der Waals surface area contributed by atoms with Crippen LogP contribution in [0.25, 0.3) is 0 Å². The Morgan fingerprint density at radius 1 is 0.565 bits per heavy atom. The van der Waals surface area contributed by atoms with Gasteiger partial charge in [-0.15, -0.1) is 0 Å². The van der Waals surface area contributed by atoms with Crippen LogP contribution < -0.4 is 0 Å². The number of hydrogen-bond acceptors (Lipinski definition) is 25. The van der Waals surface area contributed by atoms with Crippen molar-refractivity contribution < 1.29 is 124 Å². The molecule has 0 amide bonds. The van der Waals surface area contributed by atoms with Crippen LogP contribution in [0.2, 0.25) is 0 Å². The second-order valence-electron chi connectivity index (χ2n) is 29.0. The highest BCUT2D eigenvalue weighted by atomic mass is 16.8. The first kappa shape index (κ1) is 66.2. The monoisotopic (exact) mass is 1220 g/mol. The summed E-state index contributed by atoms with van der Waals surface area (Å²) >= 11 is 0. The molecule has 0 radical (unpaired) electrons. The first-order chi connectivity index (χ1) is 39.8. The van der Waals surface area contributed by atoms with Gasteiger partial charge in [-0.05, 0) is 116 Å². The lowest BCUT2D eigenvalue weighted by Gasteiger charge is -2.71. The van der Waals surface area contributed by atoms with Gasteiger partial charge in [-0.1, -0.05) is 67.0 Å². The second kappa shape index (κ2) is 24.4. The molecule has 5 aliphatic carbocycles. The summed E-state index contributed by atoms with van der Waals surface area (Å²) < 4.78 is 59.9. The molecule has 0 spiro atoms. The maximum absolute atomic E-state index is 15.2. The molecule has 4 saturated carbocycles. The third-order valence-corrected chi connectivity index (χ3v) is 23.5. The van der Waals surface area contributed by atoms with Crippen molar-refractivity contribution in [3.8, 4) is 0 Å². The molecule has 25 nitrogen and oxygen atoms in total. The molecule has 85 heavy (non-hydrogen) atoms. The second-order valence-corrected chi connectivity index (χ2v) is 29.0. The van der Waals surface area contributed by atoms with Gasteiger partial charge in [-0.2, -0.15) is 0 Å². The third kappa shape index (κ3) is 11.2. The van der Waals surface area contributed by atoms with E-state index in [1.165, 1.54) is 5.57 Å². The molecule has 25 heteroatoms. The van der Waals surface area contributed by atoms with Crippen molar-refractivity contribution in [2.75, 3.05) is 26.4 Å². The van der Waals surface area contributed by atoms with E-state index in [2.05, 4.69) is 54.5 Å². The van der Waals surface area contributed by atoms with Crippen LogP contribution in [0.4, 0.5) is 0 Å². The SMILES string of the molecule is C[C@@H]1[C@@H](O)[C@@H](O)[C@H](O[C@H]2[C@H](O)[C@@H](O)[C@H](OC[C@H]3O[C@@H](OC(=O)[C@]45CCC(C)(C)C[C@H]4C4=CC[C@@H]6[C@@]7(C)CC[C@H](O[C@@H]8OC[C@H](O)[C@H](O)[C@H]8O[C@@H]8O[C@H](CO)[C@@H](O)[C@H](O)[C@H]8O)C(C)(C)[C@@H]7CC[C@@]6(C)[C@]4(C)CC5)[C@H](O)[C@@H](O)[C@@H]3O)O[C@@H]2CO)O[C@H]1C. The smallest absolute Gasteiger partial charge is 0.315 e. The number of esters is 1. The van der Waals surface area contributed by atoms with E-state index in [1.807, 2.05) is 0 Å². The minimum atomic E-state index is -1.87. The summed E-state index contributed by atoms with van der Waals surface area (Å²) in [7, 11) is 0. The number of aliphatic hydroxyl groups excluding tert-OH is 14. The van der Waals surface area contributed by atoms with Crippen LogP contribution in [0.5, 0.6) is 0 Å². The Bertz CT molecular complexity index is 2360. The summed E-state index contributed by atoms with van der Waals surface area (Å²) in [5.74, 6) is -0.931. The molecule has 0 unspecified atom stereocenters. The predicted octanol–water partition coefficient (Wildman–Crippen LogP) is -1.27. The molecule has 14 N–H and O–H groups in total. The van der Waals surface area contributed by atoms with Gasteiger partial charge in [0.25, 0.3) is 0 Å². The average molecular weight is 1220 g/mol. The van der Waals surface area contributed by atoms with E-state index < -0.39 is 190 Å². The first-order valence-electron chi connectivity index (χ1n) is 30.9. The van der Waals surface area contributed by atoms with Gasteiger partial charge in [-0.3, -0.25) is 4.79 Å². The summed E-state index contributed by atoms with van der Waals surface area (Å²) in [4.78, 5) is 15.2. The van der Waals surface area contributed by atoms with Crippen LogP contribution in [0.15, 0.2) is 11.6 Å². The number of aliphatic hydroxyl groups is 14. The Morgan fingerprint density at radius 3 is 1.84 bits per heavy atom. The molecule has 5 aliphatic heterocycles. The van der Waals surface area contributed by atoms with E-state index in [0.29, 0.717) is 38.5 Å². The maximum atomic E-state index is 15.2. The molecule has 5 saturated heterocycles. The summed E-state index contributed by atoms with van der Waals surface area (Å²) in [6, 6.07) is 0. The van der Waals surface area contributed by atoms with E-state index in [1.54, 1.807) is 13.8 Å². The van der Waals surface area contributed by atoms with Gasteiger partial charge in [0.2, 0.25) is 6.29 Å². The van der Waals surface area contributed by atoms with Gasteiger partial charge in [-0.25, -0.2) is 0 Å². The van der Waals surface area contributed by atoms with Crippen LogP contribution in [-0.4, -0.2) is 251 Å². The highest BCUT2D eigenvalue weighted by Gasteiger charge is 2.70. The standard InChI is InChI=1S/C60H98O25/c1-25-26(2)78-50(43(71)36(25)64)83-47-31(22-62)80-49(46(74)42(47)70)77-24-32-39(67)41(69)45(73)52(81-32)85-54(75)60-18-16-55(3,4)20-28(60)27-10-11-34-57(7)14-13-35(56(5,6)33(57)12-15-59(34,9)58(27,8)17-19-60)82-53-48(37(65)29(63)23-76-53)84-51-44(72)40(68)38(66)30(21-61)79-51/h10,25-26,28-53,61-74H,11-24H2,1-9H3/t25-,26-,28-,29-,30+,31+,32+,33-,34+,35-,36+,37-,38+,39+,40-,41-,42+,43+,44+,45+,46+,47+,48+,49+,50-,51-,52-,53-,57-,58+,59+,60-/m0/s1. The Kier molecular flexibility index (Phi) is 19.0. The summed E-state index contributed by atoms with van der Waals surface area (Å²) in [5.41, 5.74) is -1.18. The highest BCUT2D eigenvalue weighted by molar-refractivity contribution is 5.79. The van der Waals surface area contributed by atoms with Crippen LogP contribution in [0, 0.1) is 56.2 Å². The fraction of sp³-hybridized carbons (Fsp3) is 0.950. The number of hydrogen-bond donors (Lipinski definition) is 14. The van der Waals surface area contributed by atoms with Crippen molar-refractivity contribution in [3.63, 3.8) is 0 Å². The molecule has 10 rings (SSSR count). The van der Waals surface area contributed by atoms with Gasteiger partial charge in [0.1, 0.15) is 97.7 Å². The molecule has 10 aliphatic rings. The Labute approximate surface area is 496 Å². The maximum Gasteiger partial charge on any atom is 0.315 e. The number of allylic oxidation sites excluding steroid dienone is 2. The Balaban J connectivity index is 0.824. The predicted molar refractivity (Wildman–Crippen MR) is 291 cm³/mol. The summed E-state index contributed by atoms with van der Waals surface area (Å²) in [6.07, 6.45) is -26.2. The molecule has 0 aromatic carbocycles. The molecule has 0 aromatic rings. The van der Waals surface area contributed by atoms with Gasteiger partial charge >= 0.3 is 5.97 Å². The Morgan fingerprint density at radius 2 is 1.15 bits per heavy atom. The fourth-order valence-corrected chi connectivity index (χ4v) is 17.7. The van der Waals surface area contributed by atoms with Crippen LogP contribution in [-0.2, 0) is 52.2 Å². The molecule has 5 heterocycles. The largest absolute Gasteiger partial charge is 0.432 e. The van der Waals surface area contributed by atoms with E-state index in [4.69, 9.17) is 47.4 Å². The Hall–Kier alpha value is -1.71. The lowest BCUT2D eigenvalue weighted by Crippen LogP contribution is -2.66. The molecule has 0 aromatic heterocycles. The normalized spacial score (nSPS) is 54.1. The average Bonchev–Trinajstić information content (AvgIpc) is 0.810. The van der Waals surface area contributed by atoms with Gasteiger partial charge in [0.05, 0.1) is 50.2 Å². The highest BCUT2D eigenvalue weighted by Crippen LogP contribution is 2.76. The van der Waals surface area contributed by atoms with Crippen molar-refractivity contribution in [2.24, 2.45) is 56.2 Å². The van der Waals surface area contributed by atoms with E-state index in [9.17, 15) is 71.5 Å². The number of carbonyl (C=O) groups excluding carboxylic acids is 1. The quantitative estimate of drug-likeness (QED) is 0.0581. The van der Waals surface area contributed by atoms with Gasteiger partial charge < -0.3 is 119 Å². The first-order valence-corrected chi connectivity index (χ1v) is 30.9. The van der Waals surface area contributed by atoms with Crippen LogP contribution >= 0.6 is 0 Å².